The number of para-hydroxylation sites is 1. The number of aliphatic carboxylic acids is 1. The molecular formula is C28H37NO4. The zero-order chi connectivity index (χ0) is 23.6. The molecule has 2 N–H and O–H groups in total. The van der Waals surface area contributed by atoms with Crippen molar-refractivity contribution in [2.24, 2.45) is 34.5 Å². The van der Waals surface area contributed by atoms with Crippen molar-refractivity contribution in [1.29, 1.82) is 0 Å². The summed E-state index contributed by atoms with van der Waals surface area (Å²) in [4.78, 5) is 25.3. The van der Waals surface area contributed by atoms with Crippen LogP contribution in [0.5, 0.6) is 5.75 Å². The number of nitrogens with one attached hydrogen (secondary N) is 1. The number of methoxy groups -OCH3 is 1. The average Bonchev–Trinajstić information content (AvgIpc) is 3.13. The van der Waals surface area contributed by atoms with E-state index in [1.54, 1.807) is 13.2 Å². The minimum absolute atomic E-state index is 0.0216. The molecule has 33 heavy (non-hydrogen) atoms. The van der Waals surface area contributed by atoms with E-state index in [2.05, 4.69) is 32.2 Å². The van der Waals surface area contributed by atoms with Crippen LogP contribution < -0.4 is 10.1 Å². The fourth-order valence-corrected chi connectivity index (χ4v) is 8.87. The number of fused-ring (bicyclic) bond motifs is 5. The Morgan fingerprint density at radius 2 is 1.91 bits per heavy atom. The quantitative estimate of drug-likeness (QED) is 0.679. The third-order valence-electron chi connectivity index (χ3n) is 10.5. The molecule has 3 aliphatic carbocycles. The summed E-state index contributed by atoms with van der Waals surface area (Å²) in [5.74, 6) is 1.74. The van der Waals surface area contributed by atoms with Crippen LogP contribution in [0.2, 0.25) is 0 Å². The van der Waals surface area contributed by atoms with Crippen LogP contribution in [0.1, 0.15) is 64.9 Å². The molecular weight excluding hydrogens is 414 g/mol. The van der Waals surface area contributed by atoms with Crippen molar-refractivity contribution in [1.82, 2.24) is 5.32 Å². The smallest absolute Gasteiger partial charge is 0.314 e. The molecule has 1 aromatic carbocycles. The Balaban J connectivity index is 1.62. The summed E-state index contributed by atoms with van der Waals surface area (Å²) < 4.78 is 5.69. The van der Waals surface area contributed by atoms with Gasteiger partial charge in [-0.25, -0.2) is 0 Å². The second-order valence-corrected chi connectivity index (χ2v) is 11.4. The molecule has 0 saturated heterocycles. The Kier molecular flexibility index (Phi) is 5.19. The van der Waals surface area contributed by atoms with E-state index in [-0.39, 0.29) is 22.8 Å². The summed E-state index contributed by atoms with van der Waals surface area (Å²) in [5, 5.41) is 14.1. The van der Waals surface area contributed by atoms with Crippen molar-refractivity contribution in [3.8, 4) is 5.75 Å². The zero-order valence-electron chi connectivity index (χ0n) is 20.3. The van der Waals surface area contributed by atoms with Crippen LogP contribution in [0.3, 0.4) is 0 Å². The van der Waals surface area contributed by atoms with Gasteiger partial charge < -0.3 is 15.2 Å². The lowest BCUT2D eigenvalue weighted by atomic mass is 9.43. The Hall–Kier alpha value is -2.30. The van der Waals surface area contributed by atoms with Crippen LogP contribution in [0.15, 0.2) is 36.4 Å². The van der Waals surface area contributed by atoms with Crippen LogP contribution in [-0.2, 0) is 15.0 Å². The molecule has 5 heteroatoms. The Morgan fingerprint density at radius 1 is 1.18 bits per heavy atom. The van der Waals surface area contributed by atoms with Crippen molar-refractivity contribution in [3.05, 3.63) is 42.0 Å². The van der Waals surface area contributed by atoms with Gasteiger partial charge in [-0.15, -0.1) is 0 Å². The minimum Gasteiger partial charge on any atom is -0.496 e. The van der Waals surface area contributed by atoms with Gasteiger partial charge in [0.05, 0.1) is 7.11 Å². The van der Waals surface area contributed by atoms with Gasteiger partial charge in [0.1, 0.15) is 11.2 Å². The molecule has 1 amide bonds. The molecule has 1 heterocycles. The normalized spacial score (nSPS) is 43.8. The SMILES string of the molecule is CCC1CC2NC(=O)C=C[C@]2(C)[C@@H]2CC[C@@]3(C)[C@@H](CCC3(C(=O)O)c3ccccc3OC)[C@H]12. The number of amides is 1. The van der Waals surface area contributed by atoms with Gasteiger partial charge in [0, 0.05) is 17.0 Å². The number of hydrogen-bond donors (Lipinski definition) is 2. The summed E-state index contributed by atoms with van der Waals surface area (Å²) in [6.45, 7) is 6.83. The van der Waals surface area contributed by atoms with Gasteiger partial charge in [0.2, 0.25) is 5.91 Å². The maximum absolute atomic E-state index is 13.2. The second-order valence-electron chi connectivity index (χ2n) is 11.4. The Labute approximate surface area is 197 Å². The summed E-state index contributed by atoms with van der Waals surface area (Å²) in [6.07, 6.45) is 9.38. The van der Waals surface area contributed by atoms with Crippen LogP contribution in [0.4, 0.5) is 0 Å². The maximum Gasteiger partial charge on any atom is 0.314 e. The molecule has 4 aliphatic rings. The van der Waals surface area contributed by atoms with Gasteiger partial charge in [0.15, 0.2) is 0 Å². The Morgan fingerprint density at radius 3 is 2.61 bits per heavy atom. The topological polar surface area (TPSA) is 75.6 Å². The van der Waals surface area contributed by atoms with E-state index in [1.165, 1.54) is 0 Å². The molecule has 0 radical (unpaired) electrons. The predicted molar refractivity (Wildman–Crippen MR) is 127 cm³/mol. The summed E-state index contributed by atoms with van der Waals surface area (Å²) in [5.41, 5.74) is -0.513. The van der Waals surface area contributed by atoms with E-state index in [9.17, 15) is 14.7 Å². The van der Waals surface area contributed by atoms with E-state index in [0.717, 1.165) is 37.7 Å². The molecule has 3 unspecified atom stereocenters. The zero-order valence-corrected chi connectivity index (χ0v) is 20.3. The molecule has 0 bridgehead atoms. The first kappa shape index (κ1) is 22.5. The summed E-state index contributed by atoms with van der Waals surface area (Å²) in [7, 11) is 1.64. The number of carbonyl (C=O) groups is 2. The standard InChI is InChI=1S/C28H37NO4/c1-5-17-16-22-26(2,13-12-23(30)29-22)19-10-14-27(3)20(24(17)19)11-15-28(27,25(31)32)18-8-6-7-9-21(18)33-4/h6-9,12-13,17,19-20,22,24H,5,10-11,14-16H2,1-4H3,(H,29,30)(H,31,32)/t17?,19-,20+,22?,24-,26-,27+,28?/m1/s1. The van der Waals surface area contributed by atoms with Crippen molar-refractivity contribution < 1.29 is 19.4 Å². The third kappa shape index (κ3) is 2.83. The van der Waals surface area contributed by atoms with Crippen LogP contribution in [-0.4, -0.2) is 30.1 Å². The Bertz CT molecular complexity index is 1000. The molecule has 0 spiro atoms. The largest absolute Gasteiger partial charge is 0.496 e. The lowest BCUT2D eigenvalue weighted by molar-refractivity contribution is -0.157. The van der Waals surface area contributed by atoms with E-state index >= 15 is 0 Å². The van der Waals surface area contributed by atoms with Gasteiger partial charge in [-0.1, -0.05) is 51.5 Å². The fraction of sp³-hybridized carbons (Fsp3) is 0.643. The number of carbonyl (C=O) groups excluding carboxylic acids is 1. The predicted octanol–water partition coefficient (Wildman–Crippen LogP) is 4.95. The highest BCUT2D eigenvalue weighted by molar-refractivity contribution is 5.89. The van der Waals surface area contributed by atoms with E-state index in [0.29, 0.717) is 35.8 Å². The van der Waals surface area contributed by atoms with Crippen molar-refractivity contribution in [2.75, 3.05) is 7.11 Å². The van der Waals surface area contributed by atoms with Gasteiger partial charge in [-0.3, -0.25) is 9.59 Å². The highest BCUT2D eigenvalue weighted by Gasteiger charge is 2.69. The highest BCUT2D eigenvalue weighted by atomic mass is 16.5. The molecule has 8 atom stereocenters. The summed E-state index contributed by atoms with van der Waals surface area (Å²) >= 11 is 0. The number of hydrogen-bond acceptors (Lipinski definition) is 3. The monoisotopic (exact) mass is 451 g/mol. The number of benzene rings is 1. The number of carboxylic acids is 1. The first-order valence-electron chi connectivity index (χ1n) is 12.6. The number of ether oxygens (including phenoxy) is 1. The molecule has 1 aliphatic heterocycles. The minimum atomic E-state index is -0.943. The maximum atomic E-state index is 13.2. The fourth-order valence-electron chi connectivity index (χ4n) is 8.87. The first-order valence-corrected chi connectivity index (χ1v) is 12.6. The molecule has 3 saturated carbocycles. The van der Waals surface area contributed by atoms with Gasteiger partial charge >= 0.3 is 5.97 Å². The highest BCUT2D eigenvalue weighted by Crippen LogP contribution is 2.70. The van der Waals surface area contributed by atoms with Crippen molar-refractivity contribution in [3.63, 3.8) is 0 Å². The second kappa shape index (κ2) is 7.61. The molecule has 1 aromatic rings. The van der Waals surface area contributed by atoms with Crippen LogP contribution in [0.25, 0.3) is 0 Å². The average molecular weight is 452 g/mol. The van der Waals surface area contributed by atoms with Crippen molar-refractivity contribution in [2.45, 2.75) is 70.8 Å². The van der Waals surface area contributed by atoms with Crippen LogP contribution in [0, 0.1) is 34.5 Å². The number of carboxylic acid groups (broad SMARTS) is 1. The van der Waals surface area contributed by atoms with Gasteiger partial charge in [0.25, 0.3) is 0 Å². The van der Waals surface area contributed by atoms with E-state index in [4.69, 9.17) is 4.74 Å². The lowest BCUT2D eigenvalue weighted by Crippen LogP contribution is -2.63. The molecule has 178 valence electrons. The summed E-state index contributed by atoms with van der Waals surface area (Å²) in [6, 6.07) is 7.91. The molecule has 3 fully saturated rings. The lowest BCUT2D eigenvalue weighted by Gasteiger charge is -2.62. The first-order chi connectivity index (χ1) is 15.7. The van der Waals surface area contributed by atoms with Crippen LogP contribution >= 0.6 is 0 Å². The van der Waals surface area contributed by atoms with Gasteiger partial charge in [-0.2, -0.15) is 0 Å². The molecule has 5 rings (SSSR count). The van der Waals surface area contributed by atoms with Crippen molar-refractivity contribution >= 4 is 11.9 Å². The van der Waals surface area contributed by atoms with E-state index in [1.807, 2.05) is 24.3 Å². The third-order valence-corrected chi connectivity index (χ3v) is 10.5. The molecule has 5 nitrogen and oxygen atoms in total. The van der Waals surface area contributed by atoms with E-state index < -0.39 is 11.4 Å². The van der Waals surface area contributed by atoms with Gasteiger partial charge in [-0.05, 0) is 73.3 Å². The molecule has 0 aromatic heterocycles. The number of rotatable bonds is 4.